The Morgan fingerprint density at radius 2 is 1.22 bits per heavy atom. The zero-order chi connectivity index (χ0) is 13.3. The molecule has 0 aliphatic carbocycles. The molecule has 0 aromatic carbocycles. The molecular formula is C12H28N2O4. The molecule has 0 fully saturated rings. The first kappa shape index (κ1) is 17.8. The summed E-state index contributed by atoms with van der Waals surface area (Å²) in [5.41, 5.74) is 0. The molecule has 0 rings (SSSR count). The topological polar surface area (TPSA) is 72.0 Å². The molecule has 0 atom stereocenters. The van der Waals surface area contributed by atoms with E-state index in [9.17, 15) is 0 Å². The molecule has 0 heterocycles. The summed E-state index contributed by atoms with van der Waals surface area (Å²) >= 11 is 0. The molecular weight excluding hydrogens is 236 g/mol. The van der Waals surface area contributed by atoms with Crippen LogP contribution < -0.4 is 10.6 Å². The molecule has 18 heavy (non-hydrogen) atoms. The minimum absolute atomic E-state index is 0.0802. The van der Waals surface area contributed by atoms with E-state index in [0.717, 1.165) is 32.8 Å². The van der Waals surface area contributed by atoms with Gasteiger partial charge in [0.05, 0.1) is 46.2 Å². The predicted molar refractivity (Wildman–Crippen MR) is 71.0 cm³/mol. The quantitative estimate of drug-likeness (QED) is 0.337. The van der Waals surface area contributed by atoms with Crippen LogP contribution in [0.2, 0.25) is 0 Å². The fourth-order valence-corrected chi connectivity index (χ4v) is 1.22. The molecule has 6 heteroatoms. The molecule has 0 saturated heterocycles. The lowest BCUT2D eigenvalue weighted by molar-refractivity contribution is 0.0488. The molecule has 0 unspecified atom stereocenters. The maximum Gasteiger partial charge on any atom is 0.0701 e. The molecule has 0 bridgehead atoms. The van der Waals surface area contributed by atoms with E-state index in [1.54, 1.807) is 0 Å². The van der Waals surface area contributed by atoms with Gasteiger partial charge in [0.15, 0.2) is 0 Å². The number of rotatable bonds is 15. The number of ether oxygens (including phenoxy) is 3. The number of likely N-dealkylation sites (N-methyl/N-ethyl adjacent to an activating group) is 1. The van der Waals surface area contributed by atoms with E-state index in [1.165, 1.54) is 0 Å². The molecule has 0 saturated carbocycles. The highest BCUT2D eigenvalue weighted by atomic mass is 16.5. The van der Waals surface area contributed by atoms with Gasteiger partial charge in [-0.2, -0.15) is 0 Å². The van der Waals surface area contributed by atoms with Crippen molar-refractivity contribution < 1.29 is 19.3 Å². The first-order chi connectivity index (χ1) is 8.91. The molecule has 0 spiro atoms. The molecule has 0 aliphatic heterocycles. The van der Waals surface area contributed by atoms with Crippen LogP contribution in [0.5, 0.6) is 0 Å². The van der Waals surface area contributed by atoms with Crippen LogP contribution in [0, 0.1) is 0 Å². The van der Waals surface area contributed by atoms with Gasteiger partial charge in [-0.3, -0.25) is 0 Å². The third kappa shape index (κ3) is 15.8. The van der Waals surface area contributed by atoms with E-state index in [1.807, 2.05) is 0 Å². The predicted octanol–water partition coefficient (Wildman–Crippen LogP) is -0.772. The second kappa shape index (κ2) is 16.8. The summed E-state index contributed by atoms with van der Waals surface area (Å²) in [5, 5.41) is 14.8. The van der Waals surface area contributed by atoms with Gasteiger partial charge in [0.1, 0.15) is 0 Å². The van der Waals surface area contributed by atoms with E-state index >= 15 is 0 Å². The first-order valence-electron chi connectivity index (χ1n) is 6.67. The third-order valence-corrected chi connectivity index (χ3v) is 2.13. The van der Waals surface area contributed by atoms with Gasteiger partial charge in [-0.15, -0.1) is 0 Å². The highest BCUT2D eigenvalue weighted by Crippen LogP contribution is 1.78. The van der Waals surface area contributed by atoms with Crippen molar-refractivity contribution in [1.82, 2.24) is 10.6 Å². The lowest BCUT2D eigenvalue weighted by Gasteiger charge is -2.07. The van der Waals surface area contributed by atoms with Crippen molar-refractivity contribution in [2.75, 3.05) is 72.4 Å². The van der Waals surface area contributed by atoms with Gasteiger partial charge in [0, 0.05) is 19.6 Å². The second-order valence-corrected chi connectivity index (χ2v) is 3.66. The van der Waals surface area contributed by atoms with E-state index in [-0.39, 0.29) is 6.61 Å². The fraction of sp³-hybridized carbons (Fsp3) is 1.00. The normalized spacial score (nSPS) is 11.0. The monoisotopic (exact) mass is 264 g/mol. The van der Waals surface area contributed by atoms with Crippen LogP contribution >= 0.6 is 0 Å². The smallest absolute Gasteiger partial charge is 0.0701 e. The van der Waals surface area contributed by atoms with Crippen molar-refractivity contribution in [3.05, 3.63) is 0 Å². The first-order valence-corrected chi connectivity index (χ1v) is 6.67. The SMILES string of the molecule is CCNCCOCCOCCNCCOCCO. The zero-order valence-electron chi connectivity index (χ0n) is 11.5. The van der Waals surface area contributed by atoms with Crippen LogP contribution in [0.25, 0.3) is 0 Å². The van der Waals surface area contributed by atoms with Gasteiger partial charge in [0.25, 0.3) is 0 Å². The fourth-order valence-electron chi connectivity index (χ4n) is 1.22. The van der Waals surface area contributed by atoms with Gasteiger partial charge in [-0.1, -0.05) is 6.92 Å². The number of aliphatic hydroxyl groups excluding tert-OH is 1. The maximum atomic E-state index is 8.48. The maximum absolute atomic E-state index is 8.48. The molecule has 0 aliphatic rings. The van der Waals surface area contributed by atoms with Crippen LogP contribution in [-0.4, -0.2) is 77.5 Å². The number of hydrogen-bond donors (Lipinski definition) is 3. The molecule has 110 valence electrons. The Morgan fingerprint density at radius 1 is 0.722 bits per heavy atom. The van der Waals surface area contributed by atoms with Crippen LogP contribution in [-0.2, 0) is 14.2 Å². The van der Waals surface area contributed by atoms with Crippen molar-refractivity contribution >= 4 is 0 Å². The van der Waals surface area contributed by atoms with Crippen LogP contribution in [0.1, 0.15) is 6.92 Å². The molecule has 3 N–H and O–H groups in total. The van der Waals surface area contributed by atoms with Crippen molar-refractivity contribution in [2.24, 2.45) is 0 Å². The van der Waals surface area contributed by atoms with Crippen molar-refractivity contribution in [1.29, 1.82) is 0 Å². The Bertz CT molecular complexity index is 134. The Morgan fingerprint density at radius 3 is 1.72 bits per heavy atom. The van der Waals surface area contributed by atoms with E-state index in [0.29, 0.717) is 33.0 Å². The minimum Gasteiger partial charge on any atom is -0.394 e. The average Bonchev–Trinajstić information content (AvgIpc) is 2.39. The summed E-state index contributed by atoms with van der Waals surface area (Å²) < 4.78 is 15.8. The molecule has 0 amide bonds. The van der Waals surface area contributed by atoms with Gasteiger partial charge in [0.2, 0.25) is 0 Å². The number of aliphatic hydroxyl groups is 1. The van der Waals surface area contributed by atoms with E-state index < -0.39 is 0 Å². The van der Waals surface area contributed by atoms with Gasteiger partial charge < -0.3 is 30.0 Å². The summed E-state index contributed by atoms with van der Waals surface area (Å²) in [6.07, 6.45) is 0. The van der Waals surface area contributed by atoms with Crippen molar-refractivity contribution in [3.63, 3.8) is 0 Å². The Hall–Kier alpha value is -0.240. The lowest BCUT2D eigenvalue weighted by Crippen LogP contribution is -2.25. The van der Waals surface area contributed by atoms with Crippen LogP contribution in [0.15, 0.2) is 0 Å². The largest absolute Gasteiger partial charge is 0.394 e. The summed E-state index contributed by atoms with van der Waals surface area (Å²) in [4.78, 5) is 0. The lowest BCUT2D eigenvalue weighted by atomic mass is 10.6. The van der Waals surface area contributed by atoms with E-state index in [4.69, 9.17) is 19.3 Å². The second-order valence-electron chi connectivity index (χ2n) is 3.66. The zero-order valence-corrected chi connectivity index (χ0v) is 11.5. The van der Waals surface area contributed by atoms with E-state index in [2.05, 4.69) is 17.6 Å². The van der Waals surface area contributed by atoms with Gasteiger partial charge >= 0.3 is 0 Å². The molecule has 0 aromatic heterocycles. The standard InChI is InChI=1S/C12H28N2O4/c1-2-13-3-7-17-11-12-18-9-5-14-4-8-16-10-6-15/h13-15H,2-12H2,1H3. The average molecular weight is 264 g/mol. The highest BCUT2D eigenvalue weighted by molar-refractivity contribution is 4.45. The van der Waals surface area contributed by atoms with Crippen LogP contribution in [0.4, 0.5) is 0 Å². The van der Waals surface area contributed by atoms with Crippen LogP contribution in [0.3, 0.4) is 0 Å². The highest BCUT2D eigenvalue weighted by Gasteiger charge is 1.91. The van der Waals surface area contributed by atoms with Crippen molar-refractivity contribution in [2.45, 2.75) is 6.92 Å². The summed E-state index contributed by atoms with van der Waals surface area (Å²) in [6.45, 7) is 9.33. The Balaban J connectivity index is 2.86. The third-order valence-electron chi connectivity index (χ3n) is 2.13. The van der Waals surface area contributed by atoms with Gasteiger partial charge in [-0.05, 0) is 6.54 Å². The van der Waals surface area contributed by atoms with Gasteiger partial charge in [-0.25, -0.2) is 0 Å². The molecule has 6 nitrogen and oxygen atoms in total. The minimum atomic E-state index is 0.0802. The summed E-state index contributed by atoms with van der Waals surface area (Å²) in [6, 6.07) is 0. The summed E-state index contributed by atoms with van der Waals surface area (Å²) in [7, 11) is 0. The number of hydrogen-bond acceptors (Lipinski definition) is 6. The Labute approximate surface area is 110 Å². The molecule has 0 radical (unpaired) electrons. The Kier molecular flexibility index (Phi) is 16.5. The van der Waals surface area contributed by atoms with Crippen molar-refractivity contribution in [3.8, 4) is 0 Å². The number of nitrogens with one attached hydrogen (secondary N) is 2. The molecule has 0 aromatic rings. The summed E-state index contributed by atoms with van der Waals surface area (Å²) in [5.74, 6) is 0.